The van der Waals surface area contributed by atoms with Gasteiger partial charge in [0.15, 0.2) is 0 Å². The number of sulfonamides is 1. The Bertz CT molecular complexity index is 1500. The van der Waals surface area contributed by atoms with Gasteiger partial charge in [-0.3, -0.25) is 13.9 Å². The highest BCUT2D eigenvalue weighted by Gasteiger charge is 2.35. The second-order valence-electron chi connectivity index (χ2n) is 9.40. The summed E-state index contributed by atoms with van der Waals surface area (Å²) < 4.78 is 40.1. The van der Waals surface area contributed by atoms with E-state index in [-0.39, 0.29) is 35.2 Å². The molecular formula is C30H35Cl2N3O6S. The maximum atomic E-state index is 14.2. The number of halogens is 2. The van der Waals surface area contributed by atoms with Crippen LogP contribution in [0.5, 0.6) is 11.5 Å². The van der Waals surface area contributed by atoms with E-state index in [2.05, 4.69) is 5.32 Å². The van der Waals surface area contributed by atoms with E-state index < -0.39 is 28.5 Å². The molecule has 0 saturated heterocycles. The van der Waals surface area contributed by atoms with Crippen molar-refractivity contribution < 1.29 is 27.5 Å². The maximum absolute atomic E-state index is 14.2. The summed E-state index contributed by atoms with van der Waals surface area (Å²) in [6.45, 7) is 4.94. The second kappa shape index (κ2) is 14.6. The third-order valence-corrected chi connectivity index (χ3v) is 9.15. The topological polar surface area (TPSA) is 105 Å². The van der Waals surface area contributed by atoms with Crippen molar-refractivity contribution in [2.45, 2.75) is 44.7 Å². The lowest BCUT2D eigenvalue weighted by Crippen LogP contribution is -2.52. The van der Waals surface area contributed by atoms with Crippen molar-refractivity contribution in [2.24, 2.45) is 0 Å². The van der Waals surface area contributed by atoms with Crippen LogP contribution in [-0.4, -0.2) is 58.5 Å². The van der Waals surface area contributed by atoms with Gasteiger partial charge in [-0.1, -0.05) is 53.9 Å². The van der Waals surface area contributed by atoms with Gasteiger partial charge in [0.2, 0.25) is 11.8 Å². The van der Waals surface area contributed by atoms with Crippen LogP contribution in [-0.2, 0) is 26.2 Å². The van der Waals surface area contributed by atoms with E-state index in [4.69, 9.17) is 32.7 Å². The van der Waals surface area contributed by atoms with Crippen molar-refractivity contribution >= 4 is 50.7 Å². The number of nitrogens with one attached hydrogen (secondary N) is 1. The first kappa shape index (κ1) is 33.0. The molecule has 0 aromatic heterocycles. The number of methoxy groups -OCH3 is 2. The molecule has 1 atom stereocenters. The van der Waals surface area contributed by atoms with Crippen molar-refractivity contribution in [1.29, 1.82) is 0 Å². The highest BCUT2D eigenvalue weighted by atomic mass is 35.5. The van der Waals surface area contributed by atoms with E-state index in [9.17, 15) is 18.0 Å². The molecule has 0 fully saturated rings. The number of nitrogens with zero attached hydrogens (tertiary/aromatic N) is 2. The average molecular weight is 637 g/mol. The van der Waals surface area contributed by atoms with E-state index >= 15 is 0 Å². The monoisotopic (exact) mass is 635 g/mol. The summed E-state index contributed by atoms with van der Waals surface area (Å²) in [5.74, 6) is -0.473. The minimum atomic E-state index is -4.31. The zero-order chi connectivity index (χ0) is 31.0. The van der Waals surface area contributed by atoms with Crippen molar-refractivity contribution in [3.63, 3.8) is 0 Å². The first-order valence-electron chi connectivity index (χ1n) is 13.3. The lowest BCUT2D eigenvalue weighted by molar-refractivity contribution is -0.140. The van der Waals surface area contributed by atoms with Crippen LogP contribution >= 0.6 is 23.2 Å². The Kier molecular flexibility index (Phi) is 11.5. The van der Waals surface area contributed by atoms with Gasteiger partial charge in [0.1, 0.15) is 24.1 Å². The van der Waals surface area contributed by atoms with Crippen molar-refractivity contribution in [1.82, 2.24) is 10.2 Å². The zero-order valence-corrected chi connectivity index (χ0v) is 26.5. The fourth-order valence-corrected chi connectivity index (χ4v) is 6.34. The number of rotatable bonds is 13. The summed E-state index contributed by atoms with van der Waals surface area (Å²) >= 11 is 12.9. The van der Waals surface area contributed by atoms with Gasteiger partial charge in [-0.05, 0) is 56.7 Å². The highest BCUT2D eigenvalue weighted by molar-refractivity contribution is 7.92. The van der Waals surface area contributed by atoms with Crippen LogP contribution in [0.1, 0.15) is 31.4 Å². The second-order valence-corrected chi connectivity index (χ2v) is 12.1. The smallest absolute Gasteiger partial charge is 0.264 e. The maximum Gasteiger partial charge on any atom is 0.264 e. The molecule has 0 radical (unpaired) electrons. The summed E-state index contributed by atoms with van der Waals surface area (Å²) in [4.78, 5) is 28.6. The van der Waals surface area contributed by atoms with Crippen LogP contribution < -0.4 is 19.1 Å². The van der Waals surface area contributed by atoms with Gasteiger partial charge in [-0.25, -0.2) is 8.42 Å². The molecule has 2 amide bonds. The van der Waals surface area contributed by atoms with E-state index in [1.54, 1.807) is 56.3 Å². The third kappa shape index (κ3) is 7.48. The molecule has 0 saturated carbocycles. The molecule has 0 aliphatic carbocycles. The molecular weight excluding hydrogens is 601 g/mol. The predicted molar refractivity (Wildman–Crippen MR) is 165 cm³/mol. The lowest BCUT2D eigenvalue weighted by atomic mass is 10.1. The molecule has 0 aliphatic heterocycles. The number of aryl methyl sites for hydroxylation is 1. The van der Waals surface area contributed by atoms with E-state index in [0.717, 1.165) is 9.87 Å². The molecule has 3 aromatic rings. The minimum absolute atomic E-state index is 0.0257. The Morgan fingerprint density at radius 3 is 2.14 bits per heavy atom. The van der Waals surface area contributed by atoms with Crippen molar-refractivity contribution in [2.75, 3.05) is 31.6 Å². The molecule has 3 rings (SSSR count). The molecule has 0 heterocycles. The summed E-state index contributed by atoms with van der Waals surface area (Å²) in [5.41, 5.74) is 1.39. The first-order valence-corrected chi connectivity index (χ1v) is 15.5. The fraction of sp³-hybridized carbons (Fsp3) is 0.333. The van der Waals surface area contributed by atoms with Gasteiger partial charge < -0.3 is 19.7 Å². The predicted octanol–water partition coefficient (Wildman–Crippen LogP) is 5.46. The standard InChI is InChI=1S/C30H35Cl2N3O6S/c1-6-26(30(37)33-7-2)34(18-23-24(31)9-8-10-25(23)32)29(36)19-35(27-17-21(40-4)13-16-28(27)41-5)42(38,39)22-14-11-20(3)12-15-22/h8-17,26H,6-7,18-19H2,1-5H3,(H,33,37)/t26-/m1/s1. The van der Waals surface area contributed by atoms with Crippen LogP contribution in [0.2, 0.25) is 10.0 Å². The molecule has 3 aromatic carbocycles. The molecule has 12 heteroatoms. The number of carbonyl (C=O) groups is 2. The van der Waals surface area contributed by atoms with Gasteiger partial charge in [0.05, 0.1) is 24.8 Å². The van der Waals surface area contributed by atoms with Gasteiger partial charge in [-0.2, -0.15) is 0 Å². The third-order valence-electron chi connectivity index (χ3n) is 6.67. The average Bonchev–Trinajstić information content (AvgIpc) is 2.97. The SMILES string of the molecule is CCNC(=O)[C@@H](CC)N(Cc1c(Cl)cccc1Cl)C(=O)CN(c1cc(OC)ccc1OC)S(=O)(=O)c1ccc(C)cc1. The van der Waals surface area contributed by atoms with Gasteiger partial charge in [-0.15, -0.1) is 0 Å². The molecule has 0 unspecified atom stereocenters. The molecule has 42 heavy (non-hydrogen) atoms. The largest absolute Gasteiger partial charge is 0.497 e. The van der Waals surface area contributed by atoms with Crippen LogP contribution in [0.4, 0.5) is 5.69 Å². The van der Waals surface area contributed by atoms with E-state index in [0.29, 0.717) is 27.9 Å². The summed E-state index contributed by atoms with van der Waals surface area (Å²) in [6.07, 6.45) is 0.257. The number of hydrogen-bond acceptors (Lipinski definition) is 6. The van der Waals surface area contributed by atoms with Crippen LogP contribution in [0.15, 0.2) is 65.6 Å². The number of carbonyl (C=O) groups excluding carboxylic acids is 2. The normalized spacial score (nSPS) is 11.9. The lowest BCUT2D eigenvalue weighted by Gasteiger charge is -2.33. The van der Waals surface area contributed by atoms with Crippen molar-refractivity contribution in [3.05, 3.63) is 81.8 Å². The van der Waals surface area contributed by atoms with Crippen molar-refractivity contribution in [3.8, 4) is 11.5 Å². The Balaban J connectivity index is 2.19. The Labute approximate surface area is 257 Å². The molecule has 0 aliphatic rings. The summed E-state index contributed by atoms with van der Waals surface area (Å²) in [5, 5.41) is 3.38. The first-order chi connectivity index (χ1) is 20.0. The summed E-state index contributed by atoms with van der Waals surface area (Å²) in [6, 6.07) is 14.9. The molecule has 0 spiro atoms. The van der Waals surface area contributed by atoms with E-state index in [1.165, 1.54) is 37.3 Å². The Hall–Kier alpha value is -3.47. The highest BCUT2D eigenvalue weighted by Crippen LogP contribution is 2.36. The number of amides is 2. The van der Waals surface area contributed by atoms with Crippen LogP contribution in [0, 0.1) is 6.92 Å². The number of likely N-dealkylation sites (N-methyl/N-ethyl adjacent to an activating group) is 1. The number of benzene rings is 3. The van der Waals surface area contributed by atoms with Crippen LogP contribution in [0.25, 0.3) is 0 Å². The summed E-state index contributed by atoms with van der Waals surface area (Å²) in [7, 11) is -1.46. The minimum Gasteiger partial charge on any atom is -0.497 e. The molecule has 0 bridgehead atoms. The number of ether oxygens (including phenoxy) is 2. The Morgan fingerprint density at radius 2 is 1.60 bits per heavy atom. The van der Waals surface area contributed by atoms with Gasteiger partial charge >= 0.3 is 0 Å². The molecule has 226 valence electrons. The van der Waals surface area contributed by atoms with E-state index in [1.807, 2.05) is 6.92 Å². The fourth-order valence-electron chi connectivity index (χ4n) is 4.41. The quantitative estimate of drug-likeness (QED) is 0.267. The van der Waals surface area contributed by atoms with Crippen LogP contribution in [0.3, 0.4) is 0 Å². The molecule has 1 N–H and O–H groups in total. The zero-order valence-electron chi connectivity index (χ0n) is 24.2. The van der Waals surface area contributed by atoms with Gasteiger partial charge in [0.25, 0.3) is 10.0 Å². The number of hydrogen-bond donors (Lipinski definition) is 1. The molecule has 9 nitrogen and oxygen atoms in total. The number of anilines is 1. The Morgan fingerprint density at radius 1 is 0.952 bits per heavy atom. The van der Waals surface area contributed by atoms with Gasteiger partial charge in [0, 0.05) is 34.8 Å².